The lowest BCUT2D eigenvalue weighted by atomic mass is 10.3. The molecule has 0 unspecified atom stereocenters. The van der Waals surface area contributed by atoms with E-state index in [1.165, 1.54) is 30.5 Å². The highest BCUT2D eigenvalue weighted by Gasteiger charge is 2.11. The number of nitrogens with one attached hydrogen (secondary N) is 1. The number of pyridine rings is 1. The van der Waals surface area contributed by atoms with Crippen LogP contribution in [-0.2, 0) is 10.0 Å². The van der Waals surface area contributed by atoms with E-state index >= 15 is 0 Å². The Balaban J connectivity index is 0.000000269. The predicted molar refractivity (Wildman–Crippen MR) is 95.2 cm³/mol. The molecule has 2 heterocycles. The third-order valence-electron chi connectivity index (χ3n) is 2.91. The SMILES string of the molecule is Cc1ccnc([N-]S(=O)(=O)c2ccc(N)cc2)n1.Nc1cc[nH+]cc1. The molecule has 0 aliphatic carbocycles. The first-order valence-electron chi connectivity index (χ1n) is 7.21. The zero-order chi connectivity index (χ0) is 18.3. The van der Waals surface area contributed by atoms with Crippen molar-refractivity contribution < 1.29 is 13.4 Å². The van der Waals surface area contributed by atoms with Crippen LogP contribution in [0.2, 0.25) is 0 Å². The molecule has 0 saturated heterocycles. The average molecular weight is 358 g/mol. The Hall–Kier alpha value is -3.20. The summed E-state index contributed by atoms with van der Waals surface area (Å²) in [6.45, 7) is 1.73. The molecule has 0 saturated carbocycles. The first-order chi connectivity index (χ1) is 11.9. The van der Waals surface area contributed by atoms with E-state index < -0.39 is 10.0 Å². The number of nitrogens with zero attached hydrogens (tertiary/aromatic N) is 3. The summed E-state index contributed by atoms with van der Waals surface area (Å²) in [5, 5.41) is 0. The standard InChI is InChI=1S/C11H11N4O2S.C5H6N2/c1-8-6-7-13-11(14-8)15-18(16,17)10-4-2-9(12)3-5-10;6-5-1-3-7-4-2-5/h2-7H,12H2,1H3;1-4H,(H2,6,7)/q-1;/p+1. The number of benzene rings is 1. The summed E-state index contributed by atoms with van der Waals surface area (Å²) in [6, 6.07) is 11.1. The maximum absolute atomic E-state index is 11.9. The van der Waals surface area contributed by atoms with Gasteiger partial charge in [-0.3, -0.25) is 4.72 Å². The Bertz CT molecular complexity index is 915. The van der Waals surface area contributed by atoms with E-state index in [4.69, 9.17) is 11.5 Å². The minimum absolute atomic E-state index is 0.0572. The topological polar surface area (TPSA) is 140 Å². The summed E-state index contributed by atoms with van der Waals surface area (Å²) in [4.78, 5) is 10.6. The third kappa shape index (κ3) is 5.74. The molecule has 9 heteroatoms. The molecule has 0 amide bonds. The molecule has 0 aliphatic rings. The van der Waals surface area contributed by atoms with Crippen molar-refractivity contribution in [3.63, 3.8) is 0 Å². The number of aromatic amines is 1. The Labute approximate surface area is 146 Å². The van der Waals surface area contributed by atoms with Crippen molar-refractivity contribution in [2.24, 2.45) is 0 Å². The lowest BCUT2D eigenvalue weighted by Gasteiger charge is -2.13. The van der Waals surface area contributed by atoms with E-state index in [1.54, 1.807) is 37.5 Å². The predicted octanol–water partition coefficient (Wildman–Crippen LogP) is 1.84. The lowest BCUT2D eigenvalue weighted by Crippen LogP contribution is -2.00. The van der Waals surface area contributed by atoms with Crippen molar-refractivity contribution in [3.8, 4) is 0 Å². The number of H-pyrrole nitrogens is 1. The van der Waals surface area contributed by atoms with Crippen LogP contribution < -0.4 is 16.5 Å². The largest absolute Gasteiger partial charge is 0.399 e. The van der Waals surface area contributed by atoms with Gasteiger partial charge in [-0.15, -0.1) is 0 Å². The van der Waals surface area contributed by atoms with Gasteiger partial charge in [-0.25, -0.2) is 13.4 Å². The second-order valence-electron chi connectivity index (χ2n) is 4.97. The monoisotopic (exact) mass is 358 g/mol. The molecule has 3 rings (SSSR count). The van der Waals surface area contributed by atoms with Gasteiger partial charge in [-0.2, -0.15) is 0 Å². The average Bonchev–Trinajstić information content (AvgIpc) is 2.56. The summed E-state index contributed by atoms with van der Waals surface area (Å²) in [7, 11) is -3.80. The van der Waals surface area contributed by atoms with Crippen molar-refractivity contribution in [3.05, 3.63) is 71.5 Å². The van der Waals surface area contributed by atoms with Gasteiger partial charge in [0.05, 0.1) is 4.90 Å². The molecule has 1 aromatic carbocycles. The van der Waals surface area contributed by atoms with Crippen LogP contribution in [0.25, 0.3) is 4.72 Å². The van der Waals surface area contributed by atoms with E-state index in [2.05, 4.69) is 19.7 Å². The van der Waals surface area contributed by atoms with Crippen LogP contribution in [0.1, 0.15) is 5.69 Å². The van der Waals surface area contributed by atoms with Crippen molar-refractivity contribution >= 4 is 27.3 Å². The van der Waals surface area contributed by atoms with E-state index in [0.717, 1.165) is 5.69 Å². The molecule has 130 valence electrons. The van der Waals surface area contributed by atoms with Gasteiger partial charge >= 0.3 is 0 Å². The minimum Gasteiger partial charge on any atom is -0.399 e. The molecule has 0 radical (unpaired) electrons. The van der Waals surface area contributed by atoms with Crippen LogP contribution >= 0.6 is 0 Å². The lowest BCUT2D eigenvalue weighted by molar-refractivity contribution is -0.377. The summed E-state index contributed by atoms with van der Waals surface area (Å²) < 4.78 is 27.4. The van der Waals surface area contributed by atoms with Gasteiger partial charge in [0.25, 0.3) is 0 Å². The molecular formula is C16H18N6O2S. The molecule has 5 N–H and O–H groups in total. The van der Waals surface area contributed by atoms with E-state index in [9.17, 15) is 8.42 Å². The van der Waals surface area contributed by atoms with E-state index in [0.29, 0.717) is 11.4 Å². The van der Waals surface area contributed by atoms with Crippen LogP contribution in [-0.4, -0.2) is 18.4 Å². The first kappa shape index (κ1) is 18.1. The van der Waals surface area contributed by atoms with Crippen LogP contribution in [0.4, 0.5) is 17.3 Å². The fraction of sp³-hybridized carbons (Fsp3) is 0.0625. The maximum atomic E-state index is 11.9. The highest BCUT2D eigenvalue weighted by molar-refractivity contribution is 7.94. The van der Waals surface area contributed by atoms with Gasteiger partial charge in [-0.05, 0) is 43.1 Å². The number of hydrogen-bond acceptors (Lipinski definition) is 6. The number of aromatic nitrogens is 3. The van der Waals surface area contributed by atoms with Gasteiger partial charge in [0.2, 0.25) is 10.0 Å². The number of rotatable bonds is 3. The summed E-state index contributed by atoms with van der Waals surface area (Å²) in [6.07, 6.45) is 5.03. The van der Waals surface area contributed by atoms with Crippen LogP contribution in [0.5, 0.6) is 0 Å². The summed E-state index contributed by atoms with van der Waals surface area (Å²) in [5.74, 6) is -0.0770. The number of aryl methyl sites for hydroxylation is 1. The molecule has 0 aliphatic heterocycles. The molecule has 0 fully saturated rings. The quantitative estimate of drug-likeness (QED) is 0.685. The zero-order valence-electron chi connectivity index (χ0n) is 13.5. The Morgan fingerprint density at radius 3 is 2.08 bits per heavy atom. The van der Waals surface area contributed by atoms with Gasteiger partial charge < -0.3 is 21.4 Å². The summed E-state index contributed by atoms with van der Waals surface area (Å²) >= 11 is 0. The Morgan fingerprint density at radius 2 is 1.56 bits per heavy atom. The Morgan fingerprint density at radius 1 is 0.960 bits per heavy atom. The van der Waals surface area contributed by atoms with Crippen LogP contribution in [0.15, 0.2) is 66.0 Å². The second-order valence-corrected chi connectivity index (χ2v) is 6.57. The molecule has 2 aromatic heterocycles. The minimum atomic E-state index is -3.80. The fourth-order valence-electron chi connectivity index (χ4n) is 1.68. The third-order valence-corrected chi connectivity index (χ3v) is 4.18. The number of hydrogen-bond donors (Lipinski definition) is 2. The number of nitrogens with two attached hydrogens (primary N) is 2. The molecule has 8 nitrogen and oxygen atoms in total. The summed E-state index contributed by atoms with van der Waals surface area (Å²) in [5.41, 5.74) is 12.8. The fourth-order valence-corrected chi connectivity index (χ4v) is 2.57. The zero-order valence-corrected chi connectivity index (χ0v) is 14.3. The van der Waals surface area contributed by atoms with Crippen molar-refractivity contribution in [1.29, 1.82) is 0 Å². The van der Waals surface area contributed by atoms with E-state index in [1.807, 2.05) is 0 Å². The Kier molecular flexibility index (Phi) is 5.85. The maximum Gasteiger partial charge on any atom is 0.229 e. The molecular weight excluding hydrogens is 340 g/mol. The van der Waals surface area contributed by atoms with Gasteiger partial charge in [0, 0.05) is 29.5 Å². The van der Waals surface area contributed by atoms with Crippen LogP contribution in [0, 0.1) is 6.92 Å². The number of nitrogen functional groups attached to an aromatic ring is 2. The highest BCUT2D eigenvalue weighted by atomic mass is 32.2. The van der Waals surface area contributed by atoms with Crippen molar-refractivity contribution in [2.75, 3.05) is 11.5 Å². The van der Waals surface area contributed by atoms with Gasteiger partial charge in [0.15, 0.2) is 12.4 Å². The van der Waals surface area contributed by atoms with Crippen molar-refractivity contribution in [2.45, 2.75) is 11.8 Å². The highest BCUT2D eigenvalue weighted by Crippen LogP contribution is 2.24. The van der Waals surface area contributed by atoms with Crippen molar-refractivity contribution in [1.82, 2.24) is 9.97 Å². The second kappa shape index (κ2) is 8.06. The molecule has 25 heavy (non-hydrogen) atoms. The first-order valence-corrected chi connectivity index (χ1v) is 8.65. The molecule has 0 atom stereocenters. The van der Waals surface area contributed by atoms with Gasteiger partial charge in [-0.1, -0.05) is 6.07 Å². The number of anilines is 2. The van der Waals surface area contributed by atoms with Crippen LogP contribution in [0.3, 0.4) is 0 Å². The smallest absolute Gasteiger partial charge is 0.229 e. The van der Waals surface area contributed by atoms with Gasteiger partial charge in [0.1, 0.15) is 0 Å². The number of sulfonamides is 1. The molecule has 0 spiro atoms. The van der Waals surface area contributed by atoms with E-state index in [-0.39, 0.29) is 10.8 Å². The normalized spacial score (nSPS) is 10.4. The molecule has 3 aromatic rings. The molecule has 0 bridgehead atoms.